The number of nitrogens with one attached hydrogen (secondary N) is 1. The Labute approximate surface area is 110 Å². The zero-order valence-electron chi connectivity index (χ0n) is 10.5. The summed E-state index contributed by atoms with van der Waals surface area (Å²) < 4.78 is 1.10. The first kappa shape index (κ1) is 14.9. The number of hydrogen-bond donors (Lipinski definition) is 3. The minimum Gasteiger partial charge on any atom is -0.396 e. The van der Waals surface area contributed by atoms with Gasteiger partial charge in [-0.25, -0.2) is 4.68 Å². The third kappa shape index (κ3) is 3.69. The predicted octanol–water partition coefficient (Wildman–Crippen LogP) is 0.462. The average Bonchev–Trinajstić information content (AvgIpc) is 2.29. The number of aliphatic hydroxyl groups excluding tert-OH is 2. The molecule has 0 saturated carbocycles. The fourth-order valence-electron chi connectivity index (χ4n) is 1.51. The smallest absolute Gasteiger partial charge is 0.287 e. The first-order valence-electron chi connectivity index (χ1n) is 5.67. The van der Waals surface area contributed by atoms with Crippen molar-refractivity contribution in [2.75, 3.05) is 18.5 Å². The Morgan fingerprint density at radius 3 is 2.67 bits per heavy atom. The molecule has 0 amide bonds. The van der Waals surface area contributed by atoms with Crippen molar-refractivity contribution >= 4 is 17.3 Å². The van der Waals surface area contributed by atoms with E-state index < -0.39 is 11.1 Å². The van der Waals surface area contributed by atoms with Gasteiger partial charge in [0.05, 0.1) is 25.0 Å². The molecule has 0 saturated heterocycles. The van der Waals surface area contributed by atoms with Crippen molar-refractivity contribution < 1.29 is 10.2 Å². The van der Waals surface area contributed by atoms with Gasteiger partial charge in [-0.15, -0.1) is 0 Å². The fourth-order valence-corrected chi connectivity index (χ4v) is 1.71. The molecular weight excluding hydrogens is 258 g/mol. The second-order valence-corrected chi connectivity index (χ2v) is 4.98. The van der Waals surface area contributed by atoms with Crippen LogP contribution in [-0.4, -0.2) is 38.7 Å². The predicted molar refractivity (Wildman–Crippen MR) is 70.0 cm³/mol. The first-order valence-corrected chi connectivity index (χ1v) is 6.04. The van der Waals surface area contributed by atoms with Gasteiger partial charge in [-0.05, 0) is 20.3 Å². The van der Waals surface area contributed by atoms with E-state index in [4.69, 9.17) is 21.8 Å². The van der Waals surface area contributed by atoms with Crippen LogP contribution < -0.4 is 10.9 Å². The van der Waals surface area contributed by atoms with E-state index in [2.05, 4.69) is 10.4 Å². The van der Waals surface area contributed by atoms with Gasteiger partial charge in [0.15, 0.2) is 0 Å². The van der Waals surface area contributed by atoms with Crippen molar-refractivity contribution in [2.45, 2.75) is 32.4 Å². The molecule has 102 valence electrons. The zero-order chi connectivity index (χ0) is 13.8. The molecule has 0 unspecified atom stereocenters. The van der Waals surface area contributed by atoms with Crippen LogP contribution in [0.15, 0.2) is 11.0 Å². The van der Waals surface area contributed by atoms with Gasteiger partial charge in [0.25, 0.3) is 5.56 Å². The van der Waals surface area contributed by atoms with Crippen molar-refractivity contribution in [2.24, 2.45) is 0 Å². The number of anilines is 1. The summed E-state index contributed by atoms with van der Waals surface area (Å²) in [6.45, 7) is 3.75. The van der Waals surface area contributed by atoms with Gasteiger partial charge < -0.3 is 15.5 Å². The molecular formula is C11H18ClN3O3. The van der Waals surface area contributed by atoms with E-state index in [1.165, 1.54) is 6.20 Å². The van der Waals surface area contributed by atoms with Gasteiger partial charge in [-0.3, -0.25) is 4.79 Å². The van der Waals surface area contributed by atoms with Crippen molar-refractivity contribution in [3.8, 4) is 0 Å². The second-order valence-electron chi connectivity index (χ2n) is 4.61. The topological polar surface area (TPSA) is 87.4 Å². The van der Waals surface area contributed by atoms with Gasteiger partial charge in [-0.2, -0.15) is 5.10 Å². The molecule has 0 aliphatic carbocycles. The molecule has 0 aliphatic rings. The summed E-state index contributed by atoms with van der Waals surface area (Å²) in [5.41, 5.74) is -0.416. The molecule has 0 aromatic carbocycles. The van der Waals surface area contributed by atoms with Crippen LogP contribution in [-0.2, 0) is 6.54 Å². The van der Waals surface area contributed by atoms with Crippen LogP contribution in [0.3, 0.4) is 0 Å². The maximum atomic E-state index is 11.8. The third-order valence-electron chi connectivity index (χ3n) is 2.51. The van der Waals surface area contributed by atoms with E-state index in [0.717, 1.165) is 4.68 Å². The molecule has 6 nitrogen and oxygen atoms in total. The van der Waals surface area contributed by atoms with Gasteiger partial charge in [0.2, 0.25) is 0 Å². The monoisotopic (exact) mass is 275 g/mol. The summed E-state index contributed by atoms with van der Waals surface area (Å²) in [5.74, 6) is 0. The third-order valence-corrected chi connectivity index (χ3v) is 2.87. The van der Waals surface area contributed by atoms with Crippen LogP contribution in [0.1, 0.15) is 20.3 Å². The highest BCUT2D eigenvalue weighted by Crippen LogP contribution is 2.22. The van der Waals surface area contributed by atoms with Crippen LogP contribution in [0.2, 0.25) is 5.02 Å². The van der Waals surface area contributed by atoms with Crippen LogP contribution in [0.4, 0.5) is 5.69 Å². The quantitative estimate of drug-likeness (QED) is 0.702. The molecule has 0 aliphatic heterocycles. The Balaban J connectivity index is 2.99. The highest BCUT2D eigenvalue weighted by Gasteiger charge is 2.19. The van der Waals surface area contributed by atoms with Crippen molar-refractivity contribution in [1.82, 2.24) is 9.78 Å². The summed E-state index contributed by atoms with van der Waals surface area (Å²) in [6, 6.07) is 0. The lowest BCUT2D eigenvalue weighted by atomic mass is 10.0. The minimum absolute atomic E-state index is 0.0319. The maximum Gasteiger partial charge on any atom is 0.287 e. The molecule has 0 fully saturated rings. The number of hydrogen-bond acceptors (Lipinski definition) is 5. The first-order chi connectivity index (χ1) is 8.41. The van der Waals surface area contributed by atoms with Crippen LogP contribution in [0.5, 0.6) is 0 Å². The summed E-state index contributed by atoms with van der Waals surface area (Å²) in [7, 11) is 0. The number of rotatable bonds is 6. The Bertz CT molecular complexity index is 459. The number of halogens is 1. The number of nitrogens with zero attached hydrogens (tertiary/aromatic N) is 2. The zero-order valence-corrected chi connectivity index (χ0v) is 11.2. The highest BCUT2D eigenvalue weighted by atomic mass is 35.5. The molecule has 1 rings (SSSR count). The molecule has 1 aromatic heterocycles. The van der Waals surface area contributed by atoms with Crippen molar-refractivity contribution in [3.05, 3.63) is 21.6 Å². The lowest BCUT2D eigenvalue weighted by Gasteiger charge is -2.27. The Hall–Kier alpha value is -1.11. The van der Waals surface area contributed by atoms with E-state index in [-0.39, 0.29) is 24.8 Å². The lowest BCUT2D eigenvalue weighted by Crippen LogP contribution is -2.34. The highest BCUT2D eigenvalue weighted by molar-refractivity contribution is 6.32. The number of aliphatic hydroxyl groups is 2. The van der Waals surface area contributed by atoms with E-state index in [9.17, 15) is 4.79 Å². The van der Waals surface area contributed by atoms with Gasteiger partial charge in [-0.1, -0.05) is 11.6 Å². The second kappa shape index (κ2) is 6.17. The minimum atomic E-state index is -0.449. The van der Waals surface area contributed by atoms with E-state index in [0.29, 0.717) is 12.1 Å². The standard InChI is InChI=1S/C11H18ClN3O3/c1-11(2,3-5-16)14-8-7-13-15(4-6-17)10(18)9(8)12/h7,14,16-17H,3-6H2,1-2H3. The molecule has 7 heteroatoms. The van der Waals surface area contributed by atoms with E-state index in [1.54, 1.807) is 0 Å². The van der Waals surface area contributed by atoms with Crippen LogP contribution in [0, 0.1) is 0 Å². The number of aromatic nitrogens is 2. The van der Waals surface area contributed by atoms with E-state index in [1.807, 2.05) is 13.8 Å². The van der Waals surface area contributed by atoms with Crippen LogP contribution >= 0.6 is 11.6 Å². The van der Waals surface area contributed by atoms with Gasteiger partial charge >= 0.3 is 0 Å². The molecule has 1 aromatic rings. The Kier molecular flexibility index (Phi) is 5.13. The molecule has 0 atom stereocenters. The fraction of sp³-hybridized carbons (Fsp3) is 0.636. The Morgan fingerprint density at radius 2 is 2.11 bits per heavy atom. The average molecular weight is 276 g/mol. The molecule has 0 spiro atoms. The molecule has 18 heavy (non-hydrogen) atoms. The maximum absolute atomic E-state index is 11.8. The van der Waals surface area contributed by atoms with Gasteiger partial charge in [0.1, 0.15) is 5.02 Å². The van der Waals surface area contributed by atoms with Crippen LogP contribution in [0.25, 0.3) is 0 Å². The van der Waals surface area contributed by atoms with Gasteiger partial charge in [0, 0.05) is 12.1 Å². The largest absolute Gasteiger partial charge is 0.396 e. The molecule has 0 radical (unpaired) electrons. The summed E-state index contributed by atoms with van der Waals surface area (Å²) >= 11 is 5.96. The SMILES string of the molecule is CC(C)(CCO)Nc1cnn(CCO)c(=O)c1Cl. The normalized spacial score (nSPS) is 11.6. The summed E-state index contributed by atoms with van der Waals surface area (Å²) in [5, 5.41) is 24.7. The summed E-state index contributed by atoms with van der Waals surface area (Å²) in [6.07, 6.45) is 1.96. The molecule has 1 heterocycles. The van der Waals surface area contributed by atoms with Crippen molar-refractivity contribution in [1.29, 1.82) is 0 Å². The van der Waals surface area contributed by atoms with Crippen molar-refractivity contribution in [3.63, 3.8) is 0 Å². The molecule has 0 bridgehead atoms. The summed E-state index contributed by atoms with van der Waals surface area (Å²) in [4.78, 5) is 11.8. The van der Waals surface area contributed by atoms with E-state index >= 15 is 0 Å². The molecule has 3 N–H and O–H groups in total. The Morgan fingerprint density at radius 1 is 1.44 bits per heavy atom. The lowest BCUT2D eigenvalue weighted by molar-refractivity contribution is 0.260.